The molecule has 2 rings (SSSR count). The molecule has 0 aromatic rings. The molecule has 6 heteroatoms. The number of likely N-dealkylation sites (tertiary alicyclic amines) is 1. The van der Waals surface area contributed by atoms with Crippen LogP contribution in [0, 0.1) is 17.2 Å². The first-order chi connectivity index (χ1) is 15.2. The van der Waals surface area contributed by atoms with Crippen molar-refractivity contribution >= 4 is 15.0 Å². The summed E-state index contributed by atoms with van der Waals surface area (Å²) in [7, 11) is 1.75. The monoisotopic (exact) mass is 447 g/mol. The molecule has 0 aliphatic carbocycles. The van der Waals surface area contributed by atoms with E-state index in [-0.39, 0.29) is 8.81 Å². The second-order valence-corrected chi connectivity index (χ2v) is 7.85. The molecule has 1 fully saturated rings. The van der Waals surface area contributed by atoms with Gasteiger partial charge < -0.3 is 14.5 Å². The molecule has 1 atom stereocenters. The summed E-state index contributed by atoms with van der Waals surface area (Å²) in [6.45, 7) is 14.1. The number of hydrogen-bond donors (Lipinski definition) is 1. The SMILES string of the molecule is C=C.CC.CC/C=C\C(OC)=C1/CCC(N2CCC(CCCPO)CC2)=C(C#N)C=N1. The summed E-state index contributed by atoms with van der Waals surface area (Å²) >= 11 is 0. The maximum atomic E-state index is 9.63. The van der Waals surface area contributed by atoms with Gasteiger partial charge in [0.25, 0.3) is 0 Å². The van der Waals surface area contributed by atoms with Crippen LogP contribution in [0.15, 0.2) is 53.0 Å². The van der Waals surface area contributed by atoms with Gasteiger partial charge in [-0.25, -0.2) is 0 Å². The first kappa shape index (κ1) is 29.1. The zero-order valence-electron chi connectivity index (χ0n) is 20.0. The second-order valence-electron chi connectivity index (χ2n) is 7.04. The molecule has 1 saturated heterocycles. The molecule has 1 N–H and O–H groups in total. The lowest BCUT2D eigenvalue weighted by molar-refractivity contribution is 0.212. The molecule has 0 radical (unpaired) electrons. The average molecular weight is 448 g/mol. The predicted octanol–water partition coefficient (Wildman–Crippen LogP) is 6.36. The summed E-state index contributed by atoms with van der Waals surface area (Å²) in [5, 5.41) is 9.63. The van der Waals surface area contributed by atoms with Crippen molar-refractivity contribution in [1.29, 1.82) is 5.26 Å². The molecule has 0 aromatic heterocycles. The number of nitriles is 1. The molecule has 5 nitrogen and oxygen atoms in total. The highest BCUT2D eigenvalue weighted by Crippen LogP contribution is 2.30. The summed E-state index contributed by atoms with van der Waals surface area (Å²) in [5.74, 6) is 1.54. The molecule has 31 heavy (non-hydrogen) atoms. The van der Waals surface area contributed by atoms with Crippen molar-refractivity contribution in [2.75, 3.05) is 26.4 Å². The molecule has 2 aliphatic heterocycles. The normalized spacial score (nSPS) is 18.8. The number of hydrogen-bond acceptors (Lipinski definition) is 5. The van der Waals surface area contributed by atoms with Gasteiger partial charge in [-0.05, 0) is 63.1 Å². The van der Waals surface area contributed by atoms with Crippen LogP contribution in [-0.2, 0) is 4.74 Å². The van der Waals surface area contributed by atoms with E-state index in [1.54, 1.807) is 13.3 Å². The fraction of sp³-hybridized carbons (Fsp3) is 0.600. The maximum Gasteiger partial charge on any atom is 0.139 e. The number of aliphatic imine (C=N–C) groups is 1. The van der Waals surface area contributed by atoms with Gasteiger partial charge >= 0.3 is 0 Å². The standard InChI is InChI=1S/C21H32N3O2P.C2H6.C2H4/c1-3-4-7-21(26-2)19-8-9-20(18(15-22)16-23-19)24-12-10-17(11-13-24)6-5-14-27-25;2*1-2/h4,7,16-17,25,27H,3,5-6,8-14H2,1-2H3;1-2H3;1-2H2/b7-4-,21-19-;;. The van der Waals surface area contributed by atoms with E-state index in [1.165, 1.54) is 19.3 Å². The zero-order valence-corrected chi connectivity index (χ0v) is 21.0. The Morgan fingerprint density at radius 3 is 2.58 bits per heavy atom. The highest BCUT2D eigenvalue weighted by Gasteiger charge is 2.24. The molecule has 2 heterocycles. The van der Waals surface area contributed by atoms with E-state index in [1.807, 2.05) is 19.9 Å². The van der Waals surface area contributed by atoms with Gasteiger partial charge in [0.1, 0.15) is 11.8 Å². The smallest absolute Gasteiger partial charge is 0.139 e. The van der Waals surface area contributed by atoms with Crippen LogP contribution in [0.3, 0.4) is 0 Å². The molecular formula is C25H42N3O2P. The minimum atomic E-state index is 0.0799. The Balaban J connectivity index is 0.00000212. The molecule has 0 saturated carbocycles. The van der Waals surface area contributed by atoms with Crippen LogP contribution < -0.4 is 0 Å². The highest BCUT2D eigenvalue weighted by atomic mass is 31.1. The van der Waals surface area contributed by atoms with E-state index in [2.05, 4.69) is 42.1 Å². The topological polar surface area (TPSA) is 68.8 Å². The molecule has 1 unspecified atom stereocenters. The Morgan fingerprint density at radius 2 is 2.03 bits per heavy atom. The fourth-order valence-electron chi connectivity index (χ4n) is 3.73. The van der Waals surface area contributed by atoms with Gasteiger partial charge in [-0.2, -0.15) is 5.26 Å². The van der Waals surface area contributed by atoms with Crippen molar-refractivity contribution in [2.24, 2.45) is 10.9 Å². The third kappa shape index (κ3) is 10.3. The first-order valence-electron chi connectivity index (χ1n) is 11.5. The highest BCUT2D eigenvalue weighted by molar-refractivity contribution is 7.31. The summed E-state index contributed by atoms with van der Waals surface area (Å²) in [6, 6.07) is 2.35. The lowest BCUT2D eigenvalue weighted by Crippen LogP contribution is -2.34. The Kier molecular flexibility index (Phi) is 17.7. The Bertz CT molecular complexity index is 654. The molecule has 0 amide bonds. The first-order valence-corrected chi connectivity index (χ1v) is 12.6. The van der Waals surface area contributed by atoms with Gasteiger partial charge in [0.15, 0.2) is 0 Å². The second kappa shape index (κ2) is 18.8. The third-order valence-electron chi connectivity index (χ3n) is 5.29. The van der Waals surface area contributed by atoms with E-state index >= 15 is 0 Å². The van der Waals surface area contributed by atoms with Gasteiger partial charge in [-0.15, -0.1) is 13.2 Å². The van der Waals surface area contributed by atoms with Crippen molar-refractivity contribution in [3.63, 3.8) is 0 Å². The minimum Gasteiger partial charge on any atom is -0.495 e. The fourth-order valence-corrected chi connectivity index (χ4v) is 4.09. The summed E-state index contributed by atoms with van der Waals surface area (Å²) in [4.78, 5) is 15.9. The van der Waals surface area contributed by atoms with Crippen molar-refractivity contribution in [1.82, 2.24) is 4.90 Å². The van der Waals surface area contributed by atoms with Crippen LogP contribution in [0.2, 0.25) is 0 Å². The van der Waals surface area contributed by atoms with E-state index in [9.17, 15) is 5.26 Å². The molecule has 0 aromatic carbocycles. The van der Waals surface area contributed by atoms with Gasteiger partial charge in [0, 0.05) is 33.8 Å². The summed E-state index contributed by atoms with van der Waals surface area (Å²) in [6.07, 6.45) is 13.9. The van der Waals surface area contributed by atoms with Crippen molar-refractivity contribution < 1.29 is 9.63 Å². The number of nitrogens with zero attached hydrogens (tertiary/aromatic N) is 3. The Morgan fingerprint density at radius 1 is 1.35 bits per heavy atom. The van der Waals surface area contributed by atoms with Gasteiger partial charge in [0.05, 0.1) is 18.4 Å². The summed E-state index contributed by atoms with van der Waals surface area (Å²) < 4.78 is 5.50. The predicted molar refractivity (Wildman–Crippen MR) is 135 cm³/mol. The molecular weight excluding hydrogens is 405 g/mol. The maximum absolute atomic E-state index is 9.63. The van der Waals surface area contributed by atoms with E-state index < -0.39 is 0 Å². The van der Waals surface area contributed by atoms with Crippen LogP contribution in [0.25, 0.3) is 0 Å². The van der Waals surface area contributed by atoms with Crippen molar-refractivity contribution in [2.45, 2.75) is 65.7 Å². The van der Waals surface area contributed by atoms with Crippen LogP contribution in [0.5, 0.6) is 0 Å². The van der Waals surface area contributed by atoms with Crippen LogP contribution in [-0.4, -0.2) is 42.4 Å². The minimum absolute atomic E-state index is 0.0799. The van der Waals surface area contributed by atoms with E-state index in [0.717, 1.165) is 68.0 Å². The van der Waals surface area contributed by atoms with Gasteiger partial charge in [0.2, 0.25) is 0 Å². The quantitative estimate of drug-likeness (QED) is 0.203. The summed E-state index contributed by atoms with van der Waals surface area (Å²) in [5.41, 5.74) is 2.71. The van der Waals surface area contributed by atoms with Crippen LogP contribution in [0.1, 0.15) is 65.7 Å². The molecule has 2 aliphatic rings. The van der Waals surface area contributed by atoms with Gasteiger partial charge in [-0.1, -0.05) is 26.8 Å². The van der Waals surface area contributed by atoms with E-state index in [4.69, 9.17) is 9.63 Å². The lowest BCUT2D eigenvalue weighted by atomic mass is 9.91. The lowest BCUT2D eigenvalue weighted by Gasteiger charge is -2.35. The largest absolute Gasteiger partial charge is 0.495 e. The third-order valence-corrected chi connectivity index (χ3v) is 5.86. The van der Waals surface area contributed by atoms with Crippen LogP contribution >= 0.6 is 8.81 Å². The van der Waals surface area contributed by atoms with Gasteiger partial charge in [-0.3, -0.25) is 4.99 Å². The number of piperidine rings is 1. The number of ether oxygens (including phenoxy) is 1. The zero-order chi connectivity index (χ0) is 23.5. The Hall–Kier alpha value is -1.89. The Labute approximate surface area is 192 Å². The molecule has 174 valence electrons. The average Bonchev–Trinajstić information content (AvgIpc) is 3.05. The number of rotatable bonds is 8. The molecule has 0 bridgehead atoms. The number of methoxy groups -OCH3 is 1. The van der Waals surface area contributed by atoms with Crippen LogP contribution in [0.4, 0.5) is 0 Å². The molecule has 0 spiro atoms. The van der Waals surface area contributed by atoms with E-state index in [0.29, 0.717) is 5.57 Å². The number of allylic oxidation sites excluding steroid dienone is 5. The van der Waals surface area contributed by atoms with Crippen molar-refractivity contribution in [3.05, 3.63) is 48.0 Å². The van der Waals surface area contributed by atoms with Crippen molar-refractivity contribution in [3.8, 4) is 6.07 Å².